The van der Waals surface area contributed by atoms with E-state index >= 15 is 0 Å². The number of halogens is 4. The first kappa shape index (κ1) is 25.1. The summed E-state index contributed by atoms with van der Waals surface area (Å²) in [6, 6.07) is 14.5. The molecule has 2 aromatic heterocycles. The molecule has 0 unspecified atom stereocenters. The van der Waals surface area contributed by atoms with Crippen LogP contribution in [0.4, 0.5) is 0 Å². The number of carbonyl (C=O) groups excluding carboxylic acids is 1. The van der Waals surface area contributed by atoms with Crippen molar-refractivity contribution in [3.05, 3.63) is 96.7 Å². The fraction of sp³-hybridized carbons (Fsp3) is 0.0606. The van der Waals surface area contributed by atoms with Crippen molar-refractivity contribution in [1.29, 1.82) is 0 Å². The zero-order valence-corrected chi connectivity index (χ0v) is 24.6. The van der Waals surface area contributed by atoms with Crippen molar-refractivity contribution in [2.24, 2.45) is 0 Å². The maximum Gasteiger partial charge on any atom is 0.264 e. The lowest BCUT2D eigenvalue weighted by Crippen LogP contribution is -2.13. The number of hydrogen-bond acceptors (Lipinski definition) is 3. The summed E-state index contributed by atoms with van der Waals surface area (Å²) in [5.41, 5.74) is 3.59. The first-order chi connectivity index (χ1) is 19.6. The van der Waals surface area contributed by atoms with Gasteiger partial charge < -0.3 is 0 Å². The predicted molar refractivity (Wildman–Crippen MR) is 174 cm³/mol. The van der Waals surface area contributed by atoms with Gasteiger partial charge in [0, 0.05) is 74.1 Å². The van der Waals surface area contributed by atoms with E-state index in [2.05, 4.69) is 6.58 Å². The van der Waals surface area contributed by atoms with Gasteiger partial charge in [-0.05, 0) is 55.8 Å². The number of imidazole rings is 1. The van der Waals surface area contributed by atoms with Crippen molar-refractivity contribution in [3.63, 3.8) is 0 Å². The number of pyridine rings is 1. The monoisotopic (exact) mass is 612 g/mol. The number of allylic oxidation sites excluding steroid dienone is 1. The summed E-state index contributed by atoms with van der Waals surface area (Å²) in [4.78, 5) is 31.8. The molecule has 0 saturated heterocycles. The van der Waals surface area contributed by atoms with Crippen molar-refractivity contribution in [2.45, 2.75) is 13.8 Å². The van der Waals surface area contributed by atoms with Crippen molar-refractivity contribution in [1.82, 2.24) is 9.38 Å². The molecule has 8 aromatic rings. The Morgan fingerprint density at radius 2 is 1.24 bits per heavy atom. The number of aromatic nitrogens is 2. The molecule has 6 aromatic carbocycles. The van der Waals surface area contributed by atoms with Gasteiger partial charge in [-0.15, -0.1) is 0 Å². The van der Waals surface area contributed by atoms with Crippen LogP contribution in [-0.4, -0.2) is 15.2 Å². The van der Waals surface area contributed by atoms with E-state index in [0.29, 0.717) is 96.2 Å². The molecule has 0 spiro atoms. The highest BCUT2D eigenvalue weighted by atomic mass is 35.5. The highest BCUT2D eigenvalue weighted by Crippen LogP contribution is 2.53. The standard InChI is InChI=1S/C33H16Cl4N2O2/c1-12(2)14-8-18(34)26-28-20(36)10-16-25-17(33(41)39-23-7-5-4-6-22(23)38-32(16)39)11-21(37)29(31(25)28)27-19(35)9-15(13(3)40)24(14)30(26)27/h4-11H,1H2,2-3H3. The van der Waals surface area contributed by atoms with E-state index in [1.165, 1.54) is 6.92 Å². The van der Waals surface area contributed by atoms with Gasteiger partial charge in [0.25, 0.3) is 5.56 Å². The number of nitrogens with zero attached hydrogens (tertiary/aromatic N) is 2. The van der Waals surface area contributed by atoms with Gasteiger partial charge in [0.05, 0.1) is 16.4 Å². The summed E-state index contributed by atoms with van der Waals surface area (Å²) < 4.78 is 1.61. The molecule has 198 valence electrons. The highest BCUT2D eigenvalue weighted by molar-refractivity contribution is 6.55. The lowest BCUT2D eigenvalue weighted by atomic mass is 9.83. The summed E-state index contributed by atoms with van der Waals surface area (Å²) >= 11 is 28.3. The SMILES string of the molecule is C=C(C)c1cc(Cl)c2c3c(Cl)cc4c5c(cc(Cl)c(c6c(Cl)cc(C(C)=O)c1c62)c35)c(=O)n1c2ccccc2nc41. The Labute approximate surface area is 251 Å². The van der Waals surface area contributed by atoms with Crippen LogP contribution >= 0.6 is 46.4 Å². The molecule has 0 amide bonds. The summed E-state index contributed by atoms with van der Waals surface area (Å²) in [6.45, 7) is 7.52. The number of carbonyl (C=O) groups is 1. The molecule has 8 rings (SSSR count). The molecule has 0 fully saturated rings. The molecule has 0 aliphatic rings. The number of hydrogen-bond donors (Lipinski definition) is 0. The van der Waals surface area contributed by atoms with Crippen LogP contribution in [0.25, 0.3) is 76.1 Å². The lowest BCUT2D eigenvalue weighted by Gasteiger charge is -2.22. The van der Waals surface area contributed by atoms with Gasteiger partial charge in [-0.1, -0.05) is 70.7 Å². The van der Waals surface area contributed by atoms with E-state index in [0.717, 1.165) is 11.1 Å². The third-order valence-electron chi connectivity index (χ3n) is 8.19. The zero-order chi connectivity index (χ0) is 28.6. The molecule has 0 radical (unpaired) electrons. The number of rotatable bonds is 2. The molecule has 4 nitrogen and oxygen atoms in total. The maximum atomic E-state index is 14.1. The number of benzene rings is 6. The average molecular weight is 614 g/mol. The van der Waals surface area contributed by atoms with Crippen molar-refractivity contribution in [2.75, 3.05) is 0 Å². The smallest absolute Gasteiger partial charge is 0.264 e. The molecule has 0 aliphatic carbocycles. The topological polar surface area (TPSA) is 51.4 Å². The second kappa shape index (κ2) is 8.21. The molecular weight excluding hydrogens is 598 g/mol. The molecule has 8 heteroatoms. The number of fused-ring (bicyclic) bond motifs is 6. The first-order valence-electron chi connectivity index (χ1n) is 12.8. The van der Waals surface area contributed by atoms with E-state index in [1.807, 2.05) is 43.3 Å². The second-order valence-electron chi connectivity index (χ2n) is 10.5. The van der Waals surface area contributed by atoms with E-state index in [4.69, 9.17) is 51.4 Å². The van der Waals surface area contributed by atoms with E-state index in [1.54, 1.807) is 16.5 Å². The van der Waals surface area contributed by atoms with Crippen LogP contribution in [0.5, 0.6) is 0 Å². The average Bonchev–Trinajstić information content (AvgIpc) is 3.32. The molecule has 2 heterocycles. The van der Waals surface area contributed by atoms with Crippen molar-refractivity contribution >= 4 is 128 Å². The fourth-order valence-electron chi connectivity index (χ4n) is 6.61. The van der Waals surface area contributed by atoms with Crippen LogP contribution in [0.3, 0.4) is 0 Å². The highest BCUT2D eigenvalue weighted by Gasteiger charge is 2.28. The van der Waals surface area contributed by atoms with Crippen LogP contribution in [0.1, 0.15) is 29.8 Å². The molecule has 0 bridgehead atoms. The Morgan fingerprint density at radius 1 is 0.707 bits per heavy atom. The second-order valence-corrected chi connectivity index (χ2v) is 12.2. The molecule has 0 aliphatic heterocycles. The summed E-state index contributed by atoms with van der Waals surface area (Å²) in [5.74, 6) is -0.146. The number of para-hydroxylation sites is 2. The third kappa shape index (κ3) is 3.01. The molecule has 0 N–H and O–H groups in total. The van der Waals surface area contributed by atoms with E-state index in [9.17, 15) is 9.59 Å². The number of Topliss-reactive ketones (excluding diaryl/α,β-unsaturated/α-hetero) is 1. The number of ketones is 1. The largest absolute Gasteiger partial charge is 0.294 e. The normalized spacial score (nSPS) is 12.4. The third-order valence-corrected chi connectivity index (χ3v) is 9.38. The quantitative estimate of drug-likeness (QED) is 0.111. The van der Waals surface area contributed by atoms with Crippen LogP contribution in [-0.2, 0) is 0 Å². The maximum absolute atomic E-state index is 14.1. The minimum atomic E-state index is -0.236. The minimum Gasteiger partial charge on any atom is -0.294 e. The van der Waals surface area contributed by atoms with Gasteiger partial charge >= 0.3 is 0 Å². The van der Waals surface area contributed by atoms with Gasteiger partial charge in [-0.3, -0.25) is 14.0 Å². The molecule has 41 heavy (non-hydrogen) atoms. The van der Waals surface area contributed by atoms with Crippen molar-refractivity contribution in [3.8, 4) is 0 Å². The Balaban J connectivity index is 1.79. The first-order valence-corrected chi connectivity index (χ1v) is 14.3. The Morgan fingerprint density at radius 3 is 1.85 bits per heavy atom. The summed E-state index contributed by atoms with van der Waals surface area (Å²) in [7, 11) is 0. The van der Waals surface area contributed by atoms with Gasteiger partial charge in [0.2, 0.25) is 0 Å². The fourth-order valence-corrected chi connectivity index (χ4v) is 7.80. The minimum absolute atomic E-state index is 0.146. The summed E-state index contributed by atoms with van der Waals surface area (Å²) in [5, 5.41) is 7.93. The van der Waals surface area contributed by atoms with Gasteiger partial charge in [0.15, 0.2) is 5.78 Å². The van der Waals surface area contributed by atoms with E-state index in [-0.39, 0.29) is 11.3 Å². The van der Waals surface area contributed by atoms with Crippen LogP contribution in [0, 0.1) is 0 Å². The van der Waals surface area contributed by atoms with Crippen LogP contribution < -0.4 is 5.56 Å². The van der Waals surface area contributed by atoms with Gasteiger partial charge in [-0.2, -0.15) is 0 Å². The van der Waals surface area contributed by atoms with Crippen LogP contribution in [0.15, 0.2) is 59.9 Å². The van der Waals surface area contributed by atoms with Crippen LogP contribution in [0.2, 0.25) is 20.1 Å². The van der Waals surface area contributed by atoms with Crippen molar-refractivity contribution < 1.29 is 4.79 Å². The van der Waals surface area contributed by atoms with Gasteiger partial charge in [-0.25, -0.2) is 4.98 Å². The predicted octanol–water partition coefficient (Wildman–Crippen LogP) is 10.3. The summed E-state index contributed by atoms with van der Waals surface area (Å²) in [6.07, 6.45) is 0. The zero-order valence-electron chi connectivity index (χ0n) is 21.5. The molecule has 0 atom stereocenters. The van der Waals surface area contributed by atoms with E-state index < -0.39 is 0 Å². The van der Waals surface area contributed by atoms with Gasteiger partial charge in [0.1, 0.15) is 5.65 Å². The Bertz CT molecular complexity index is 2530. The molecule has 0 saturated carbocycles. The molecular formula is C33H16Cl4N2O2. The Kier molecular flexibility index (Phi) is 5.02. The Hall–Kier alpha value is -3.67. The lowest BCUT2D eigenvalue weighted by molar-refractivity contribution is 0.101.